The second kappa shape index (κ2) is 6.37. The minimum atomic E-state index is -0.644. The van der Waals surface area contributed by atoms with Crippen molar-refractivity contribution in [2.45, 2.75) is 17.5 Å². The number of hydrogen-bond acceptors (Lipinski definition) is 4. The first-order chi connectivity index (χ1) is 11.1. The highest BCUT2D eigenvalue weighted by Crippen LogP contribution is 2.35. The highest BCUT2D eigenvalue weighted by molar-refractivity contribution is 7.99. The van der Waals surface area contributed by atoms with Gasteiger partial charge in [0.1, 0.15) is 11.6 Å². The van der Waals surface area contributed by atoms with Gasteiger partial charge >= 0.3 is 0 Å². The maximum atomic E-state index is 14.1. The minimum absolute atomic E-state index is 0.0117. The minimum Gasteiger partial charge on any atom is -0.310 e. The van der Waals surface area contributed by atoms with Crippen molar-refractivity contribution < 1.29 is 9.18 Å². The van der Waals surface area contributed by atoms with Crippen LogP contribution >= 0.6 is 11.8 Å². The molecule has 1 aliphatic rings. The molecule has 118 valence electrons. The zero-order valence-electron chi connectivity index (χ0n) is 12.1. The van der Waals surface area contributed by atoms with Crippen LogP contribution in [0.3, 0.4) is 0 Å². The number of nitrogens with zero attached hydrogens (tertiary/aromatic N) is 1. The number of nitrogens with one attached hydrogen (secondary N) is 2. The van der Waals surface area contributed by atoms with E-state index in [1.54, 1.807) is 24.3 Å². The molecule has 0 saturated heterocycles. The monoisotopic (exact) mass is 331 g/mol. The van der Waals surface area contributed by atoms with Gasteiger partial charge in [0.05, 0.1) is 5.56 Å². The first-order valence-corrected chi connectivity index (χ1v) is 8.01. The van der Waals surface area contributed by atoms with E-state index in [1.165, 1.54) is 17.8 Å². The summed E-state index contributed by atoms with van der Waals surface area (Å²) in [6.07, 6.45) is 1.70. The lowest BCUT2D eigenvalue weighted by Crippen LogP contribution is -2.31. The number of H-pyrrole nitrogens is 1. The van der Waals surface area contributed by atoms with E-state index in [0.717, 1.165) is 0 Å². The number of benzene rings is 1. The van der Waals surface area contributed by atoms with Crippen molar-refractivity contribution in [2.24, 2.45) is 0 Å². The van der Waals surface area contributed by atoms with Crippen LogP contribution < -0.4 is 10.9 Å². The van der Waals surface area contributed by atoms with Crippen LogP contribution in [0.1, 0.15) is 23.5 Å². The third kappa shape index (κ3) is 3.05. The number of thioether (sulfide) groups is 1. The van der Waals surface area contributed by atoms with Crippen molar-refractivity contribution in [3.8, 4) is 0 Å². The quantitative estimate of drug-likeness (QED) is 0.513. The van der Waals surface area contributed by atoms with Crippen molar-refractivity contribution in [3.05, 3.63) is 64.2 Å². The summed E-state index contributed by atoms with van der Waals surface area (Å²) in [6.45, 7) is 3.61. The van der Waals surface area contributed by atoms with Crippen molar-refractivity contribution in [1.82, 2.24) is 9.97 Å². The summed E-state index contributed by atoms with van der Waals surface area (Å²) in [5, 5.41) is 3.00. The molecule has 23 heavy (non-hydrogen) atoms. The molecule has 2 N–H and O–H groups in total. The molecule has 1 aromatic carbocycles. The average molecular weight is 331 g/mol. The molecular weight excluding hydrogens is 317 g/mol. The predicted octanol–water partition coefficient (Wildman–Crippen LogP) is 2.66. The Morgan fingerprint density at radius 3 is 2.91 bits per heavy atom. The number of halogens is 1. The Kier molecular flexibility index (Phi) is 4.29. The van der Waals surface area contributed by atoms with Gasteiger partial charge in [0, 0.05) is 18.1 Å². The number of anilines is 1. The summed E-state index contributed by atoms with van der Waals surface area (Å²) in [7, 11) is 0. The topological polar surface area (TPSA) is 74.8 Å². The molecule has 5 nitrogen and oxygen atoms in total. The Morgan fingerprint density at radius 1 is 1.39 bits per heavy atom. The van der Waals surface area contributed by atoms with Gasteiger partial charge in [-0.1, -0.05) is 36.0 Å². The third-order valence-electron chi connectivity index (χ3n) is 3.55. The smallest absolute Gasteiger partial charge is 0.257 e. The van der Waals surface area contributed by atoms with Gasteiger partial charge in [-0.05, 0) is 11.6 Å². The summed E-state index contributed by atoms with van der Waals surface area (Å²) in [5.74, 6) is -0.600. The maximum absolute atomic E-state index is 14.1. The van der Waals surface area contributed by atoms with Gasteiger partial charge < -0.3 is 10.3 Å². The van der Waals surface area contributed by atoms with Crippen LogP contribution in [0.5, 0.6) is 0 Å². The molecule has 3 rings (SSSR count). The van der Waals surface area contributed by atoms with Crippen molar-refractivity contribution >= 4 is 23.5 Å². The van der Waals surface area contributed by atoms with Crippen LogP contribution in [-0.4, -0.2) is 21.6 Å². The average Bonchev–Trinajstić information content (AvgIpc) is 2.52. The van der Waals surface area contributed by atoms with Gasteiger partial charge in [-0.2, -0.15) is 0 Å². The van der Waals surface area contributed by atoms with Gasteiger partial charge in [0.2, 0.25) is 5.91 Å². The fourth-order valence-corrected chi connectivity index (χ4v) is 3.18. The predicted molar refractivity (Wildman–Crippen MR) is 87.3 cm³/mol. The molecule has 0 spiro atoms. The van der Waals surface area contributed by atoms with Gasteiger partial charge in [-0.15, -0.1) is 6.58 Å². The molecule has 0 fully saturated rings. The van der Waals surface area contributed by atoms with Crippen molar-refractivity contribution in [2.75, 3.05) is 11.1 Å². The lowest BCUT2D eigenvalue weighted by Gasteiger charge is -2.24. The largest absolute Gasteiger partial charge is 0.310 e. The van der Waals surface area contributed by atoms with Crippen LogP contribution in [0.4, 0.5) is 10.2 Å². The molecule has 1 atom stereocenters. The molecule has 7 heteroatoms. The van der Waals surface area contributed by atoms with Crippen LogP contribution in [0, 0.1) is 5.82 Å². The molecule has 1 aromatic heterocycles. The molecule has 1 unspecified atom stereocenters. The molecule has 0 aliphatic carbocycles. The lowest BCUT2D eigenvalue weighted by molar-refractivity contribution is -0.116. The van der Waals surface area contributed by atoms with Gasteiger partial charge in [-0.25, -0.2) is 9.37 Å². The number of hydrogen-bond donors (Lipinski definition) is 2. The Balaban J connectivity index is 2.11. The number of fused-ring (bicyclic) bond motifs is 1. The van der Waals surface area contributed by atoms with Crippen LogP contribution in [0.25, 0.3) is 0 Å². The first-order valence-electron chi connectivity index (χ1n) is 7.02. The summed E-state index contributed by atoms with van der Waals surface area (Å²) < 4.78 is 14.1. The lowest BCUT2D eigenvalue weighted by atomic mass is 9.86. The van der Waals surface area contributed by atoms with E-state index in [9.17, 15) is 14.0 Å². The Labute approximate surface area is 136 Å². The molecule has 0 bridgehead atoms. The van der Waals surface area contributed by atoms with E-state index < -0.39 is 11.7 Å². The van der Waals surface area contributed by atoms with E-state index in [1.807, 2.05) is 0 Å². The zero-order valence-corrected chi connectivity index (χ0v) is 13.0. The van der Waals surface area contributed by atoms with Gasteiger partial charge in [-0.3, -0.25) is 9.59 Å². The zero-order chi connectivity index (χ0) is 16.4. The first kappa shape index (κ1) is 15.5. The van der Waals surface area contributed by atoms with Crippen molar-refractivity contribution in [3.63, 3.8) is 0 Å². The number of aromatic amines is 1. The fourth-order valence-electron chi connectivity index (χ4n) is 2.58. The van der Waals surface area contributed by atoms with Crippen LogP contribution in [0.2, 0.25) is 0 Å². The second-order valence-corrected chi connectivity index (χ2v) is 6.07. The highest BCUT2D eigenvalue weighted by Gasteiger charge is 2.32. The summed E-state index contributed by atoms with van der Waals surface area (Å²) >= 11 is 1.30. The van der Waals surface area contributed by atoms with E-state index in [4.69, 9.17) is 0 Å². The van der Waals surface area contributed by atoms with E-state index >= 15 is 0 Å². The Bertz CT molecular complexity index is 834. The molecular formula is C16H14FN3O2S. The molecule has 2 heterocycles. The maximum Gasteiger partial charge on any atom is 0.257 e. The highest BCUT2D eigenvalue weighted by atomic mass is 32.2. The number of carbonyl (C=O) groups is 1. The number of rotatable bonds is 4. The summed E-state index contributed by atoms with van der Waals surface area (Å²) in [4.78, 5) is 31.3. The van der Waals surface area contributed by atoms with E-state index in [0.29, 0.717) is 16.5 Å². The van der Waals surface area contributed by atoms with Crippen LogP contribution in [-0.2, 0) is 4.79 Å². The molecule has 2 aromatic rings. The normalized spacial score (nSPS) is 16.6. The molecule has 0 radical (unpaired) electrons. The summed E-state index contributed by atoms with van der Waals surface area (Å²) in [5.41, 5.74) is 0.245. The van der Waals surface area contributed by atoms with E-state index in [2.05, 4.69) is 21.9 Å². The number of amides is 1. The molecule has 0 saturated carbocycles. The molecule has 1 amide bonds. The number of aromatic nitrogens is 2. The SMILES string of the molecule is C=CCSc1nc2c(c(=O)[nH]1)C(c1ccccc1F)CC(=O)N2. The van der Waals surface area contributed by atoms with E-state index in [-0.39, 0.29) is 29.3 Å². The Morgan fingerprint density at radius 2 is 2.17 bits per heavy atom. The third-order valence-corrected chi connectivity index (χ3v) is 4.42. The standard InChI is InChI=1S/C16H14FN3O2S/c1-2-7-23-16-19-14-13(15(22)20-16)10(8-12(21)18-14)9-5-3-4-6-11(9)17/h2-6,10H,1,7-8H2,(H2,18,19,20,21,22). The van der Waals surface area contributed by atoms with Crippen LogP contribution in [0.15, 0.2) is 46.9 Å². The van der Waals surface area contributed by atoms with Gasteiger partial charge in [0.25, 0.3) is 5.56 Å². The Hall–Kier alpha value is -2.41. The van der Waals surface area contributed by atoms with Gasteiger partial charge in [0.15, 0.2) is 5.16 Å². The molecule has 1 aliphatic heterocycles. The summed E-state index contributed by atoms with van der Waals surface area (Å²) in [6, 6.07) is 6.15. The fraction of sp³-hybridized carbons (Fsp3) is 0.188. The van der Waals surface area contributed by atoms with Crippen molar-refractivity contribution in [1.29, 1.82) is 0 Å². The second-order valence-electron chi connectivity index (χ2n) is 5.06. The number of carbonyl (C=O) groups excluding carboxylic acids is 1.